The highest BCUT2D eigenvalue weighted by Gasteiger charge is 2.73. The van der Waals surface area contributed by atoms with Crippen LogP contribution in [0, 0.1) is 0 Å². The number of carbonyl (C=O) groups excluding carboxylic acids is 1. The van der Waals surface area contributed by atoms with Gasteiger partial charge in [-0.25, -0.2) is 4.39 Å². The summed E-state index contributed by atoms with van der Waals surface area (Å²) in [5.74, 6) is -1.39. The number of esters is 1. The minimum absolute atomic E-state index is 0.471. The van der Waals surface area contributed by atoms with Crippen LogP contribution in [-0.2, 0) is 10.4 Å². The first-order chi connectivity index (χ1) is 10.6. The van der Waals surface area contributed by atoms with Crippen molar-refractivity contribution in [3.8, 4) is 5.75 Å². The van der Waals surface area contributed by atoms with Gasteiger partial charge in [0.15, 0.2) is 0 Å². The Kier molecular flexibility index (Phi) is 5.24. The topological polar surface area (TPSA) is 46.5 Å². The van der Waals surface area contributed by atoms with Crippen LogP contribution >= 0.6 is 0 Å². The number of para-hydroxylation sites is 1. The molecule has 0 fully saturated rings. The lowest BCUT2D eigenvalue weighted by molar-refractivity contribution is -0.352. The molecule has 0 saturated carbocycles. The van der Waals surface area contributed by atoms with Gasteiger partial charge in [0, 0.05) is 18.9 Å². The fraction of sp³-hybridized carbons (Fsp3) is 0.500. The Morgan fingerprint density at radius 2 is 1.50 bits per heavy atom. The third-order valence-corrected chi connectivity index (χ3v) is 3.21. The number of alkyl halides is 7. The fourth-order valence-corrected chi connectivity index (χ4v) is 2.09. The number of hydrogen-bond donors (Lipinski definition) is 1. The monoisotopic (exact) mass is 362 g/mol. The Bertz CT molecular complexity index is 591. The van der Waals surface area contributed by atoms with Crippen molar-refractivity contribution in [2.75, 3.05) is 0 Å². The second kappa shape index (κ2) is 6.23. The maximum Gasteiger partial charge on any atom is 0.431 e. The molecule has 0 saturated heterocycles. The van der Waals surface area contributed by atoms with Gasteiger partial charge in [0.2, 0.25) is 0 Å². The maximum absolute atomic E-state index is 13.9. The molecule has 1 aromatic rings. The molecule has 0 bridgehead atoms. The molecule has 0 aliphatic heterocycles. The van der Waals surface area contributed by atoms with Crippen molar-refractivity contribution < 1.29 is 45.4 Å². The van der Waals surface area contributed by atoms with Crippen molar-refractivity contribution in [2.45, 2.75) is 43.9 Å². The standard InChI is InChI=1S/C14H13F7O3/c1-8(22)24-10-6-4-3-5-9(10)11(2,23)7-12(15,13(16,17)18)14(19,20)21/h3-6,23H,7H2,1-2H3. The van der Waals surface area contributed by atoms with Gasteiger partial charge in [0.05, 0.1) is 5.60 Å². The molecule has 1 aromatic carbocycles. The molecule has 0 aliphatic rings. The van der Waals surface area contributed by atoms with Gasteiger partial charge in [-0.15, -0.1) is 0 Å². The van der Waals surface area contributed by atoms with Gasteiger partial charge in [0.25, 0.3) is 0 Å². The number of ether oxygens (including phenoxy) is 1. The van der Waals surface area contributed by atoms with Crippen molar-refractivity contribution in [1.82, 2.24) is 0 Å². The van der Waals surface area contributed by atoms with Gasteiger partial charge in [0.1, 0.15) is 5.75 Å². The third kappa shape index (κ3) is 3.97. The molecule has 0 aromatic heterocycles. The summed E-state index contributed by atoms with van der Waals surface area (Å²) in [5.41, 5.74) is -9.16. The Morgan fingerprint density at radius 1 is 1.04 bits per heavy atom. The molecule has 0 amide bonds. The smallest absolute Gasteiger partial charge is 0.426 e. The highest BCUT2D eigenvalue weighted by atomic mass is 19.4. The molecule has 1 N–H and O–H groups in total. The molecule has 10 heteroatoms. The summed E-state index contributed by atoms with van der Waals surface area (Å²) in [6, 6.07) is 4.43. The minimum atomic E-state index is -6.30. The van der Waals surface area contributed by atoms with Crippen LogP contribution in [0.5, 0.6) is 5.75 Å². The van der Waals surface area contributed by atoms with Gasteiger partial charge in [-0.1, -0.05) is 18.2 Å². The first-order valence-corrected chi connectivity index (χ1v) is 6.44. The van der Waals surface area contributed by atoms with E-state index < -0.39 is 47.3 Å². The predicted octanol–water partition coefficient (Wildman–Crippen LogP) is 4.04. The lowest BCUT2D eigenvalue weighted by Gasteiger charge is -2.36. The second-order valence-corrected chi connectivity index (χ2v) is 5.34. The second-order valence-electron chi connectivity index (χ2n) is 5.34. The Balaban J connectivity index is 3.37. The molecule has 24 heavy (non-hydrogen) atoms. The van der Waals surface area contributed by atoms with E-state index in [0.29, 0.717) is 6.92 Å². The number of rotatable bonds is 4. The molecule has 1 unspecified atom stereocenters. The van der Waals surface area contributed by atoms with E-state index in [1.165, 1.54) is 12.1 Å². The van der Waals surface area contributed by atoms with Gasteiger partial charge in [-0.3, -0.25) is 4.79 Å². The van der Waals surface area contributed by atoms with Crippen LogP contribution in [0.2, 0.25) is 0 Å². The van der Waals surface area contributed by atoms with Gasteiger partial charge in [-0.2, -0.15) is 26.3 Å². The van der Waals surface area contributed by atoms with Crippen LogP contribution in [0.4, 0.5) is 30.7 Å². The van der Waals surface area contributed by atoms with Crippen LogP contribution in [0.15, 0.2) is 24.3 Å². The maximum atomic E-state index is 13.9. The highest BCUT2D eigenvalue weighted by molar-refractivity contribution is 5.70. The van der Waals surface area contributed by atoms with Crippen molar-refractivity contribution >= 4 is 5.97 Å². The zero-order valence-electron chi connectivity index (χ0n) is 12.4. The van der Waals surface area contributed by atoms with Crippen LogP contribution < -0.4 is 4.74 Å². The molecule has 0 heterocycles. The van der Waals surface area contributed by atoms with Crippen molar-refractivity contribution in [2.24, 2.45) is 0 Å². The summed E-state index contributed by atoms with van der Waals surface area (Å²) >= 11 is 0. The molecule has 0 aliphatic carbocycles. The van der Waals surface area contributed by atoms with Crippen LogP contribution in [0.1, 0.15) is 25.8 Å². The van der Waals surface area contributed by atoms with E-state index >= 15 is 0 Å². The molecule has 136 valence electrons. The summed E-state index contributed by atoms with van der Waals surface area (Å²) in [7, 11) is 0. The number of hydrogen-bond acceptors (Lipinski definition) is 3. The Hall–Kier alpha value is -1.84. The molecule has 0 spiro atoms. The summed E-state index contributed by atoms with van der Waals surface area (Å²) in [6.45, 7) is 1.51. The van der Waals surface area contributed by atoms with Gasteiger partial charge >= 0.3 is 24.0 Å². The average Bonchev–Trinajstić information content (AvgIpc) is 2.35. The first kappa shape index (κ1) is 20.2. The first-order valence-electron chi connectivity index (χ1n) is 6.44. The summed E-state index contributed by atoms with van der Waals surface area (Å²) in [5, 5.41) is 10.1. The lowest BCUT2D eigenvalue weighted by atomic mass is 9.83. The molecule has 3 nitrogen and oxygen atoms in total. The van der Waals surface area contributed by atoms with Crippen molar-refractivity contribution in [3.63, 3.8) is 0 Å². The molecular formula is C14H13F7O3. The fourth-order valence-electron chi connectivity index (χ4n) is 2.09. The summed E-state index contributed by atoms with van der Waals surface area (Å²) < 4.78 is 94.5. The number of aliphatic hydroxyl groups is 1. The van der Waals surface area contributed by atoms with E-state index in [-0.39, 0.29) is 0 Å². The quantitative estimate of drug-likeness (QED) is 0.500. The summed E-state index contributed by atoms with van der Waals surface area (Å²) in [4.78, 5) is 11.0. The molecular weight excluding hydrogens is 349 g/mol. The lowest BCUT2D eigenvalue weighted by Crippen LogP contribution is -2.56. The van der Waals surface area contributed by atoms with Gasteiger partial charge < -0.3 is 9.84 Å². The number of carbonyl (C=O) groups is 1. The summed E-state index contributed by atoms with van der Waals surface area (Å²) in [6.07, 6.45) is -15.0. The zero-order chi connectivity index (χ0) is 19.0. The van der Waals surface area contributed by atoms with Crippen LogP contribution in [-0.4, -0.2) is 29.1 Å². The van der Waals surface area contributed by atoms with E-state index in [0.717, 1.165) is 19.1 Å². The molecule has 1 atom stereocenters. The highest BCUT2D eigenvalue weighted by Crippen LogP contribution is 2.52. The van der Waals surface area contributed by atoms with Crippen molar-refractivity contribution in [1.29, 1.82) is 0 Å². The molecule has 0 radical (unpaired) electrons. The zero-order valence-corrected chi connectivity index (χ0v) is 12.4. The van der Waals surface area contributed by atoms with Crippen LogP contribution in [0.25, 0.3) is 0 Å². The third-order valence-electron chi connectivity index (χ3n) is 3.21. The molecule has 1 rings (SSSR count). The Morgan fingerprint density at radius 3 is 1.92 bits per heavy atom. The van der Waals surface area contributed by atoms with E-state index in [9.17, 15) is 40.6 Å². The largest absolute Gasteiger partial charge is 0.431 e. The van der Waals surface area contributed by atoms with Gasteiger partial charge in [-0.05, 0) is 13.0 Å². The van der Waals surface area contributed by atoms with Crippen LogP contribution in [0.3, 0.4) is 0 Å². The average molecular weight is 362 g/mol. The predicted molar refractivity (Wildman–Crippen MR) is 67.9 cm³/mol. The number of benzene rings is 1. The van der Waals surface area contributed by atoms with E-state index in [1.807, 2.05) is 0 Å². The normalized spacial score (nSPS) is 15.8. The van der Waals surface area contributed by atoms with Crippen molar-refractivity contribution in [3.05, 3.63) is 29.8 Å². The minimum Gasteiger partial charge on any atom is -0.426 e. The van der Waals surface area contributed by atoms with E-state index in [2.05, 4.69) is 4.74 Å². The van der Waals surface area contributed by atoms with E-state index in [4.69, 9.17) is 0 Å². The number of halogens is 7. The van der Waals surface area contributed by atoms with E-state index in [1.54, 1.807) is 0 Å². The SMILES string of the molecule is CC(=O)Oc1ccccc1C(C)(O)CC(F)(C(F)(F)F)C(F)(F)F. The Labute approximate surface area is 132 Å².